The minimum atomic E-state index is -0.867. The van der Waals surface area contributed by atoms with Gasteiger partial charge in [0, 0.05) is 24.1 Å². The molecule has 0 atom stereocenters. The van der Waals surface area contributed by atoms with E-state index in [1.54, 1.807) is 19.9 Å². The van der Waals surface area contributed by atoms with Gasteiger partial charge < -0.3 is 24.3 Å². The van der Waals surface area contributed by atoms with Gasteiger partial charge in [0.15, 0.2) is 0 Å². The molecule has 2 N–H and O–H groups in total. The number of benzene rings is 3. The van der Waals surface area contributed by atoms with Gasteiger partial charge in [-0.1, -0.05) is 24.3 Å². The topological polar surface area (TPSA) is 80.9 Å². The van der Waals surface area contributed by atoms with E-state index in [-0.39, 0.29) is 18.6 Å². The number of aryl methyl sites for hydroxylation is 1. The van der Waals surface area contributed by atoms with E-state index in [0.29, 0.717) is 33.4 Å². The summed E-state index contributed by atoms with van der Waals surface area (Å²) in [6.07, 6.45) is 0. The van der Waals surface area contributed by atoms with Gasteiger partial charge in [-0.3, -0.25) is 4.79 Å². The highest BCUT2D eigenvalue weighted by atomic mass is 16.5. The van der Waals surface area contributed by atoms with Crippen LogP contribution in [0.25, 0.3) is 32.6 Å². The Hall–Kier alpha value is -3.09. The Morgan fingerprint density at radius 2 is 1.70 bits per heavy atom. The molecule has 30 heavy (non-hydrogen) atoms. The maximum Gasteiger partial charge on any atom is 0.201 e. The monoisotopic (exact) mass is 407 g/mol. The lowest BCUT2D eigenvalue weighted by Gasteiger charge is -2.27. The molecule has 6 nitrogen and oxygen atoms in total. The average molecular weight is 407 g/mol. The minimum absolute atomic E-state index is 0.164. The molecule has 0 aliphatic heterocycles. The van der Waals surface area contributed by atoms with E-state index in [1.165, 1.54) is 7.11 Å². The van der Waals surface area contributed by atoms with Crippen molar-refractivity contribution in [2.75, 3.05) is 13.7 Å². The molecule has 1 aromatic heterocycles. The first-order valence-electron chi connectivity index (χ1n) is 9.77. The van der Waals surface area contributed by atoms with Crippen molar-refractivity contribution in [2.45, 2.75) is 26.1 Å². The molecule has 0 unspecified atom stereocenters. The summed E-state index contributed by atoms with van der Waals surface area (Å²) in [7, 11) is 3.36. The van der Waals surface area contributed by atoms with E-state index in [0.717, 1.165) is 16.3 Å². The highest BCUT2D eigenvalue weighted by Crippen LogP contribution is 2.37. The van der Waals surface area contributed by atoms with Crippen LogP contribution in [0.4, 0.5) is 0 Å². The first-order chi connectivity index (χ1) is 14.3. The molecular weight excluding hydrogens is 382 g/mol. The molecular formula is C24H25NO5. The fourth-order valence-electron chi connectivity index (χ4n) is 3.93. The zero-order valence-electron chi connectivity index (χ0n) is 17.5. The molecule has 1 heterocycles. The second-order valence-corrected chi connectivity index (χ2v) is 8.06. The molecule has 4 rings (SSSR count). The van der Waals surface area contributed by atoms with Crippen LogP contribution >= 0.6 is 0 Å². The predicted octanol–water partition coefficient (Wildman–Crippen LogP) is 3.50. The van der Waals surface area contributed by atoms with E-state index in [9.17, 15) is 15.0 Å². The van der Waals surface area contributed by atoms with Gasteiger partial charge in [0.25, 0.3) is 0 Å². The normalized spacial score (nSPS) is 12.1. The summed E-state index contributed by atoms with van der Waals surface area (Å²) in [5, 5.41) is 22.8. The lowest BCUT2D eigenvalue weighted by molar-refractivity contribution is 0.0394. The van der Waals surface area contributed by atoms with Crippen molar-refractivity contribution < 1.29 is 19.7 Å². The van der Waals surface area contributed by atoms with Gasteiger partial charge in [-0.2, -0.15) is 0 Å². The molecule has 0 aliphatic rings. The molecule has 4 aromatic rings. The summed E-state index contributed by atoms with van der Waals surface area (Å²) in [6.45, 7) is 2.96. The van der Waals surface area contributed by atoms with E-state index in [2.05, 4.69) is 0 Å². The lowest BCUT2D eigenvalue weighted by Crippen LogP contribution is -2.33. The predicted molar refractivity (Wildman–Crippen MR) is 118 cm³/mol. The van der Waals surface area contributed by atoms with Crippen molar-refractivity contribution in [2.24, 2.45) is 7.05 Å². The molecule has 3 aromatic carbocycles. The van der Waals surface area contributed by atoms with Gasteiger partial charge in [0.1, 0.15) is 17.1 Å². The van der Waals surface area contributed by atoms with Crippen LogP contribution in [0, 0.1) is 0 Å². The summed E-state index contributed by atoms with van der Waals surface area (Å²) >= 11 is 0. The van der Waals surface area contributed by atoms with Crippen molar-refractivity contribution in [1.29, 1.82) is 0 Å². The number of ether oxygens (including phenoxy) is 2. The minimum Gasteiger partial charge on any atom is -0.496 e. The zero-order valence-corrected chi connectivity index (χ0v) is 17.5. The number of aliphatic hydroxyl groups is 2. The Morgan fingerprint density at radius 1 is 1.03 bits per heavy atom. The van der Waals surface area contributed by atoms with Crippen LogP contribution in [-0.4, -0.2) is 34.1 Å². The average Bonchev–Trinajstić information content (AvgIpc) is 2.75. The largest absolute Gasteiger partial charge is 0.496 e. The maximum absolute atomic E-state index is 13.5. The van der Waals surface area contributed by atoms with Crippen molar-refractivity contribution in [3.05, 3.63) is 58.3 Å². The number of methoxy groups -OCH3 is 1. The van der Waals surface area contributed by atoms with E-state index in [1.807, 2.05) is 48.0 Å². The highest BCUT2D eigenvalue weighted by molar-refractivity contribution is 6.04. The summed E-state index contributed by atoms with van der Waals surface area (Å²) in [5.41, 5.74) is 0.745. The zero-order chi connectivity index (χ0) is 21.6. The van der Waals surface area contributed by atoms with Crippen LogP contribution in [0.3, 0.4) is 0 Å². The number of aliphatic hydroxyl groups excluding tert-OH is 2. The number of aromatic nitrogens is 1. The molecule has 0 bridgehead atoms. The third-order valence-corrected chi connectivity index (χ3v) is 5.51. The first-order valence-corrected chi connectivity index (χ1v) is 9.77. The third kappa shape index (κ3) is 3.09. The van der Waals surface area contributed by atoms with Gasteiger partial charge in [-0.25, -0.2) is 0 Å². The van der Waals surface area contributed by atoms with Crippen molar-refractivity contribution in [3.63, 3.8) is 0 Å². The smallest absolute Gasteiger partial charge is 0.201 e. The van der Waals surface area contributed by atoms with Crippen molar-refractivity contribution in [1.82, 2.24) is 4.57 Å². The fourth-order valence-corrected chi connectivity index (χ4v) is 3.93. The second kappa shape index (κ2) is 7.31. The van der Waals surface area contributed by atoms with Gasteiger partial charge in [-0.05, 0) is 36.8 Å². The Kier molecular flexibility index (Phi) is 4.92. The highest BCUT2D eigenvalue weighted by Gasteiger charge is 2.25. The standard InChI is InChI=1S/C24H25NO5/c1-24(2,13-27)30-19-11-20(29-4)21-22(17(19)12-26)25(3)18-10-15-8-6-5-7-14(15)9-16(18)23(21)28/h5-11,26-27H,12-13H2,1-4H3. The Balaban J connectivity index is 2.19. The van der Waals surface area contributed by atoms with Gasteiger partial charge in [0.2, 0.25) is 5.43 Å². The number of pyridine rings is 1. The van der Waals surface area contributed by atoms with Crippen LogP contribution in [-0.2, 0) is 13.7 Å². The number of fused-ring (bicyclic) bond motifs is 3. The van der Waals surface area contributed by atoms with Crippen LogP contribution in [0.5, 0.6) is 11.5 Å². The summed E-state index contributed by atoms with van der Waals surface area (Å²) in [5.74, 6) is 0.734. The third-order valence-electron chi connectivity index (χ3n) is 5.51. The van der Waals surface area contributed by atoms with Crippen molar-refractivity contribution >= 4 is 32.6 Å². The number of hydrogen-bond acceptors (Lipinski definition) is 5. The quantitative estimate of drug-likeness (QED) is 0.495. The van der Waals surface area contributed by atoms with Gasteiger partial charge in [0.05, 0.1) is 36.7 Å². The Labute approximate surface area is 173 Å². The summed E-state index contributed by atoms with van der Waals surface area (Å²) < 4.78 is 13.4. The lowest BCUT2D eigenvalue weighted by atomic mass is 10.0. The number of rotatable bonds is 5. The molecule has 0 radical (unpaired) electrons. The van der Waals surface area contributed by atoms with E-state index < -0.39 is 5.60 Å². The molecule has 6 heteroatoms. The fraction of sp³-hybridized carbons (Fsp3) is 0.292. The molecule has 0 fully saturated rings. The Morgan fingerprint density at radius 3 is 2.30 bits per heavy atom. The molecule has 0 saturated carbocycles. The Bertz CT molecular complexity index is 1340. The van der Waals surface area contributed by atoms with Crippen LogP contribution < -0.4 is 14.9 Å². The molecule has 0 amide bonds. The van der Waals surface area contributed by atoms with Crippen LogP contribution in [0.15, 0.2) is 47.3 Å². The number of nitrogens with zero attached hydrogens (tertiary/aromatic N) is 1. The van der Waals surface area contributed by atoms with Gasteiger partial charge >= 0.3 is 0 Å². The van der Waals surface area contributed by atoms with Crippen LogP contribution in [0.2, 0.25) is 0 Å². The molecule has 156 valence electrons. The molecule has 0 saturated heterocycles. The first kappa shape index (κ1) is 20.2. The van der Waals surface area contributed by atoms with E-state index >= 15 is 0 Å². The maximum atomic E-state index is 13.5. The van der Waals surface area contributed by atoms with E-state index in [4.69, 9.17) is 9.47 Å². The SMILES string of the molecule is COc1cc(OC(C)(C)CO)c(CO)c2c1c(=O)c1cc3ccccc3cc1n2C. The van der Waals surface area contributed by atoms with Gasteiger partial charge in [-0.15, -0.1) is 0 Å². The number of hydrogen-bond donors (Lipinski definition) is 2. The second-order valence-electron chi connectivity index (χ2n) is 8.06. The summed E-state index contributed by atoms with van der Waals surface area (Å²) in [4.78, 5) is 13.5. The molecule has 0 aliphatic carbocycles. The summed E-state index contributed by atoms with van der Waals surface area (Å²) in [6, 6.07) is 13.4. The van der Waals surface area contributed by atoms with Crippen molar-refractivity contribution in [3.8, 4) is 11.5 Å². The van der Waals surface area contributed by atoms with Crippen LogP contribution in [0.1, 0.15) is 19.4 Å². The molecule has 0 spiro atoms.